The Morgan fingerprint density at radius 3 is 2.91 bits per heavy atom. The molecule has 0 saturated carbocycles. The molecule has 0 bridgehead atoms. The fourth-order valence-electron chi connectivity index (χ4n) is 5.04. The predicted octanol–water partition coefficient (Wildman–Crippen LogP) is 3.87. The SMILES string of the molecule is C[C@]12CCC(=O)N1c1ccccc1C(=O)N2CCC(=O)N[C@H]1CCSc2ccc(F)cc21. The Morgan fingerprint density at radius 1 is 1.25 bits per heavy atom. The monoisotopic (exact) mass is 453 g/mol. The zero-order valence-electron chi connectivity index (χ0n) is 17.8. The quantitative estimate of drug-likeness (QED) is 0.763. The lowest BCUT2D eigenvalue weighted by Crippen LogP contribution is -2.62. The Labute approximate surface area is 190 Å². The van der Waals surface area contributed by atoms with E-state index in [0.29, 0.717) is 24.1 Å². The molecule has 166 valence electrons. The van der Waals surface area contributed by atoms with E-state index >= 15 is 0 Å². The van der Waals surface area contributed by atoms with Gasteiger partial charge in [0.25, 0.3) is 5.91 Å². The van der Waals surface area contributed by atoms with E-state index in [0.717, 1.165) is 22.6 Å². The Balaban J connectivity index is 1.33. The molecular formula is C24H24FN3O3S. The number of para-hydroxylation sites is 1. The highest BCUT2D eigenvalue weighted by Gasteiger charge is 2.52. The van der Waals surface area contributed by atoms with Crippen molar-refractivity contribution in [3.05, 3.63) is 59.4 Å². The second kappa shape index (κ2) is 7.92. The van der Waals surface area contributed by atoms with Gasteiger partial charge >= 0.3 is 0 Å². The zero-order valence-corrected chi connectivity index (χ0v) is 18.6. The summed E-state index contributed by atoms with van der Waals surface area (Å²) in [6.45, 7) is 2.10. The number of carbonyl (C=O) groups is 3. The first-order chi connectivity index (χ1) is 15.4. The predicted molar refractivity (Wildman–Crippen MR) is 120 cm³/mol. The number of nitrogens with zero attached hydrogens (tertiary/aromatic N) is 2. The van der Waals surface area contributed by atoms with Crippen LogP contribution in [-0.2, 0) is 9.59 Å². The molecule has 5 rings (SSSR count). The number of halogens is 1. The third kappa shape index (κ3) is 3.37. The second-order valence-electron chi connectivity index (χ2n) is 8.61. The van der Waals surface area contributed by atoms with Gasteiger partial charge in [0.15, 0.2) is 0 Å². The van der Waals surface area contributed by atoms with Crippen molar-refractivity contribution >= 4 is 35.2 Å². The van der Waals surface area contributed by atoms with Crippen molar-refractivity contribution in [2.24, 2.45) is 0 Å². The molecule has 0 aliphatic carbocycles. The van der Waals surface area contributed by atoms with Crippen LogP contribution in [0, 0.1) is 5.82 Å². The molecule has 8 heteroatoms. The van der Waals surface area contributed by atoms with Gasteiger partial charge in [0, 0.05) is 30.0 Å². The van der Waals surface area contributed by atoms with Crippen molar-refractivity contribution in [2.45, 2.75) is 49.2 Å². The molecule has 3 heterocycles. The molecular weight excluding hydrogens is 429 g/mol. The highest BCUT2D eigenvalue weighted by atomic mass is 32.2. The van der Waals surface area contributed by atoms with E-state index < -0.39 is 5.66 Å². The molecule has 1 saturated heterocycles. The highest BCUT2D eigenvalue weighted by Crippen LogP contribution is 2.44. The largest absolute Gasteiger partial charge is 0.349 e. The molecule has 2 aromatic carbocycles. The number of nitrogens with one attached hydrogen (secondary N) is 1. The molecule has 32 heavy (non-hydrogen) atoms. The topological polar surface area (TPSA) is 69.7 Å². The third-order valence-corrected chi connectivity index (χ3v) is 7.78. The maximum Gasteiger partial charge on any atom is 0.257 e. The van der Waals surface area contributed by atoms with Gasteiger partial charge in [0.2, 0.25) is 11.8 Å². The van der Waals surface area contributed by atoms with Crippen LogP contribution >= 0.6 is 11.8 Å². The lowest BCUT2D eigenvalue weighted by molar-refractivity contribution is -0.122. The number of rotatable bonds is 4. The van der Waals surface area contributed by atoms with Crippen molar-refractivity contribution in [2.75, 3.05) is 17.2 Å². The summed E-state index contributed by atoms with van der Waals surface area (Å²) in [7, 11) is 0. The van der Waals surface area contributed by atoms with Crippen molar-refractivity contribution in [1.82, 2.24) is 10.2 Å². The number of amides is 3. The second-order valence-corrected chi connectivity index (χ2v) is 9.75. The number of benzene rings is 2. The molecule has 0 radical (unpaired) electrons. The van der Waals surface area contributed by atoms with E-state index in [9.17, 15) is 18.8 Å². The normalized spacial score (nSPS) is 24.1. The maximum atomic E-state index is 13.8. The van der Waals surface area contributed by atoms with Gasteiger partial charge in [-0.25, -0.2) is 4.39 Å². The molecule has 2 atom stereocenters. The van der Waals surface area contributed by atoms with Crippen LogP contribution in [0.4, 0.5) is 10.1 Å². The number of fused-ring (bicyclic) bond motifs is 4. The molecule has 1 N–H and O–H groups in total. The minimum absolute atomic E-state index is 0.0137. The van der Waals surface area contributed by atoms with Crippen molar-refractivity contribution in [1.29, 1.82) is 0 Å². The van der Waals surface area contributed by atoms with Crippen LogP contribution in [0.1, 0.15) is 54.6 Å². The molecule has 3 amide bonds. The fourth-order valence-corrected chi connectivity index (χ4v) is 6.14. The first-order valence-corrected chi connectivity index (χ1v) is 11.8. The Hall–Kier alpha value is -2.87. The minimum Gasteiger partial charge on any atom is -0.349 e. The summed E-state index contributed by atoms with van der Waals surface area (Å²) in [6.07, 6.45) is 1.73. The smallest absolute Gasteiger partial charge is 0.257 e. The van der Waals surface area contributed by atoms with Gasteiger partial charge in [0.05, 0.1) is 17.3 Å². The highest BCUT2D eigenvalue weighted by molar-refractivity contribution is 7.99. The molecule has 3 aliphatic heterocycles. The van der Waals surface area contributed by atoms with Gasteiger partial charge in [-0.15, -0.1) is 11.8 Å². The summed E-state index contributed by atoms with van der Waals surface area (Å²) < 4.78 is 13.8. The maximum absolute atomic E-state index is 13.8. The number of hydrogen-bond acceptors (Lipinski definition) is 4. The number of hydrogen-bond donors (Lipinski definition) is 1. The summed E-state index contributed by atoms with van der Waals surface area (Å²) in [4.78, 5) is 43.1. The number of thioether (sulfide) groups is 1. The van der Waals surface area contributed by atoms with Crippen LogP contribution in [-0.4, -0.2) is 40.6 Å². The Bertz CT molecular complexity index is 1120. The van der Waals surface area contributed by atoms with E-state index in [2.05, 4.69) is 5.32 Å². The number of anilines is 1. The van der Waals surface area contributed by atoms with E-state index in [1.807, 2.05) is 13.0 Å². The molecule has 0 unspecified atom stereocenters. The summed E-state index contributed by atoms with van der Waals surface area (Å²) in [5.74, 6) is 0.161. The van der Waals surface area contributed by atoms with Gasteiger partial charge in [-0.1, -0.05) is 12.1 Å². The van der Waals surface area contributed by atoms with Crippen molar-refractivity contribution < 1.29 is 18.8 Å². The van der Waals surface area contributed by atoms with Gasteiger partial charge in [-0.2, -0.15) is 0 Å². The van der Waals surface area contributed by atoms with Crippen LogP contribution in [0.15, 0.2) is 47.4 Å². The minimum atomic E-state index is -0.778. The summed E-state index contributed by atoms with van der Waals surface area (Å²) in [5, 5.41) is 3.02. The van der Waals surface area contributed by atoms with Gasteiger partial charge in [0.1, 0.15) is 11.5 Å². The molecule has 3 aliphatic rings. The first-order valence-electron chi connectivity index (χ1n) is 10.8. The van der Waals surface area contributed by atoms with Crippen LogP contribution in [0.25, 0.3) is 0 Å². The summed E-state index contributed by atoms with van der Waals surface area (Å²) >= 11 is 1.66. The summed E-state index contributed by atoms with van der Waals surface area (Å²) in [5.41, 5.74) is 1.15. The molecule has 6 nitrogen and oxygen atoms in total. The van der Waals surface area contributed by atoms with Gasteiger partial charge in [-0.05, 0) is 55.7 Å². The number of carbonyl (C=O) groups excluding carboxylic acids is 3. The third-order valence-electron chi connectivity index (χ3n) is 6.65. The molecule has 2 aromatic rings. The van der Waals surface area contributed by atoms with Crippen molar-refractivity contribution in [3.8, 4) is 0 Å². The molecule has 1 fully saturated rings. The lowest BCUT2D eigenvalue weighted by atomic mass is 9.98. The van der Waals surface area contributed by atoms with Crippen LogP contribution < -0.4 is 10.2 Å². The van der Waals surface area contributed by atoms with Crippen LogP contribution in [0.5, 0.6) is 0 Å². The van der Waals surface area contributed by atoms with Crippen molar-refractivity contribution in [3.63, 3.8) is 0 Å². The van der Waals surface area contributed by atoms with E-state index in [4.69, 9.17) is 0 Å². The first kappa shape index (κ1) is 21.0. The fraction of sp³-hybridized carbons (Fsp3) is 0.375. The Morgan fingerprint density at radius 2 is 2.06 bits per heavy atom. The molecule has 0 aromatic heterocycles. The van der Waals surface area contributed by atoms with E-state index in [1.165, 1.54) is 12.1 Å². The summed E-state index contributed by atoms with van der Waals surface area (Å²) in [6, 6.07) is 11.6. The van der Waals surface area contributed by atoms with E-state index in [1.54, 1.807) is 45.8 Å². The van der Waals surface area contributed by atoms with Crippen LogP contribution in [0.3, 0.4) is 0 Å². The Kier molecular flexibility index (Phi) is 5.20. The lowest BCUT2D eigenvalue weighted by Gasteiger charge is -2.48. The average molecular weight is 454 g/mol. The molecule has 0 spiro atoms. The van der Waals surface area contributed by atoms with E-state index in [-0.39, 0.29) is 42.5 Å². The van der Waals surface area contributed by atoms with Gasteiger partial charge in [-0.3, -0.25) is 19.3 Å². The van der Waals surface area contributed by atoms with Gasteiger partial charge < -0.3 is 10.2 Å². The zero-order chi connectivity index (χ0) is 22.5. The van der Waals surface area contributed by atoms with Crippen LogP contribution in [0.2, 0.25) is 0 Å². The average Bonchev–Trinajstić information content (AvgIpc) is 3.09. The standard InChI is InChI=1S/C24H24FN3O3S/c1-24-11-8-22(30)28(24)19-5-3-2-4-16(19)23(31)27(24)12-9-21(29)26-18-10-13-32-20-7-6-15(25)14-17(18)20/h2-7,14,18H,8-13H2,1H3,(H,26,29)/t18-,24+/m0/s1.